The van der Waals surface area contributed by atoms with Crippen LogP contribution < -0.4 is 0 Å². The predicted octanol–water partition coefficient (Wildman–Crippen LogP) is 1.94. The molecule has 21 heavy (non-hydrogen) atoms. The van der Waals surface area contributed by atoms with E-state index in [2.05, 4.69) is 0 Å². The highest BCUT2D eigenvalue weighted by atomic mass is 16.6. The van der Waals surface area contributed by atoms with E-state index in [4.69, 9.17) is 9.47 Å². The molecule has 2 saturated heterocycles. The van der Waals surface area contributed by atoms with Gasteiger partial charge in [-0.2, -0.15) is 0 Å². The zero-order valence-electron chi connectivity index (χ0n) is 12.0. The highest BCUT2D eigenvalue weighted by Crippen LogP contribution is 2.32. The van der Waals surface area contributed by atoms with E-state index in [9.17, 15) is 9.90 Å². The lowest BCUT2D eigenvalue weighted by molar-refractivity contribution is -0.0203. The molecule has 5 nitrogen and oxygen atoms in total. The van der Waals surface area contributed by atoms with Gasteiger partial charge < -0.3 is 19.5 Å². The largest absolute Gasteiger partial charge is 0.445 e. The number of rotatable bonds is 3. The summed E-state index contributed by atoms with van der Waals surface area (Å²) < 4.78 is 11.2. The normalized spacial score (nSPS) is 28.2. The Bertz CT molecular complexity index is 478. The molecule has 2 fully saturated rings. The number of carbonyl (C=O) groups excluding carboxylic acids is 1. The van der Waals surface area contributed by atoms with Crippen molar-refractivity contribution >= 4 is 6.09 Å². The highest BCUT2D eigenvalue weighted by molar-refractivity contribution is 5.68. The molecule has 1 N–H and O–H groups in total. The molecule has 114 valence electrons. The Morgan fingerprint density at radius 1 is 1.38 bits per heavy atom. The average molecular weight is 291 g/mol. The van der Waals surface area contributed by atoms with Crippen molar-refractivity contribution in [1.82, 2.24) is 4.90 Å². The van der Waals surface area contributed by atoms with Gasteiger partial charge in [0.15, 0.2) is 0 Å². The molecule has 3 rings (SSSR count). The van der Waals surface area contributed by atoms with Gasteiger partial charge >= 0.3 is 6.09 Å². The molecule has 3 atom stereocenters. The van der Waals surface area contributed by atoms with E-state index in [1.807, 2.05) is 30.3 Å². The standard InChI is InChI=1S/C16H21NO4/c18-10-13-9-14-15(21-13)7-4-8-17(14)16(19)20-11-12-5-2-1-3-6-12/h1-3,5-6,13-15,18H,4,7-11H2/t13?,14?,15-/m0/s1. The topological polar surface area (TPSA) is 59.0 Å². The fourth-order valence-electron chi connectivity index (χ4n) is 3.18. The van der Waals surface area contributed by atoms with Crippen molar-refractivity contribution in [3.05, 3.63) is 35.9 Å². The van der Waals surface area contributed by atoms with Crippen LogP contribution in [0, 0.1) is 0 Å². The zero-order chi connectivity index (χ0) is 14.7. The second kappa shape index (κ2) is 6.45. The third kappa shape index (κ3) is 3.19. The van der Waals surface area contributed by atoms with E-state index in [0.29, 0.717) is 13.0 Å². The number of hydrogen-bond donors (Lipinski definition) is 1. The quantitative estimate of drug-likeness (QED) is 0.924. The molecule has 0 spiro atoms. The molecule has 2 unspecified atom stereocenters. The van der Waals surface area contributed by atoms with Crippen LogP contribution in [-0.4, -0.2) is 47.5 Å². The molecule has 0 aliphatic carbocycles. The smallest absolute Gasteiger partial charge is 0.410 e. The summed E-state index contributed by atoms with van der Waals surface area (Å²) in [6.07, 6.45) is 2.17. The summed E-state index contributed by atoms with van der Waals surface area (Å²) in [5.74, 6) is 0. The molecular weight excluding hydrogens is 270 g/mol. The van der Waals surface area contributed by atoms with Crippen molar-refractivity contribution in [3.8, 4) is 0 Å². The Balaban J connectivity index is 1.59. The number of ether oxygens (including phenoxy) is 2. The Morgan fingerprint density at radius 2 is 2.19 bits per heavy atom. The number of likely N-dealkylation sites (tertiary alicyclic amines) is 1. The summed E-state index contributed by atoms with van der Waals surface area (Å²) >= 11 is 0. The second-order valence-corrected chi connectivity index (χ2v) is 5.66. The number of aliphatic hydroxyl groups is 1. The fourth-order valence-corrected chi connectivity index (χ4v) is 3.18. The van der Waals surface area contributed by atoms with Crippen molar-refractivity contribution in [1.29, 1.82) is 0 Å². The van der Waals surface area contributed by atoms with Gasteiger partial charge in [0.1, 0.15) is 6.61 Å². The van der Waals surface area contributed by atoms with Crippen LogP contribution in [0.25, 0.3) is 0 Å². The van der Waals surface area contributed by atoms with Gasteiger partial charge in [-0.1, -0.05) is 30.3 Å². The van der Waals surface area contributed by atoms with Gasteiger partial charge in [0.2, 0.25) is 0 Å². The van der Waals surface area contributed by atoms with E-state index in [0.717, 1.165) is 18.4 Å². The lowest BCUT2D eigenvalue weighted by atomic mass is 9.98. The molecule has 0 bridgehead atoms. The van der Waals surface area contributed by atoms with Gasteiger partial charge in [-0.25, -0.2) is 4.79 Å². The van der Waals surface area contributed by atoms with E-state index < -0.39 is 0 Å². The first-order chi connectivity index (χ1) is 10.3. The monoisotopic (exact) mass is 291 g/mol. The summed E-state index contributed by atoms with van der Waals surface area (Å²) in [4.78, 5) is 14.1. The number of aliphatic hydroxyl groups excluding tert-OH is 1. The van der Waals surface area contributed by atoms with Gasteiger partial charge in [0, 0.05) is 6.54 Å². The second-order valence-electron chi connectivity index (χ2n) is 5.66. The number of nitrogens with zero attached hydrogens (tertiary/aromatic N) is 1. The summed E-state index contributed by atoms with van der Waals surface area (Å²) in [5.41, 5.74) is 0.982. The maximum absolute atomic E-state index is 12.3. The average Bonchev–Trinajstić information content (AvgIpc) is 2.96. The minimum Gasteiger partial charge on any atom is -0.445 e. The number of fused-ring (bicyclic) bond motifs is 1. The Morgan fingerprint density at radius 3 is 2.95 bits per heavy atom. The minimum absolute atomic E-state index is 0.0138. The van der Waals surface area contributed by atoms with Gasteiger partial charge in [-0.05, 0) is 24.8 Å². The number of amides is 1. The van der Waals surface area contributed by atoms with Crippen LogP contribution in [0.2, 0.25) is 0 Å². The van der Waals surface area contributed by atoms with Crippen LogP contribution in [-0.2, 0) is 16.1 Å². The first-order valence-corrected chi connectivity index (χ1v) is 7.51. The van der Waals surface area contributed by atoms with Gasteiger partial charge in [0.05, 0.1) is 24.9 Å². The first-order valence-electron chi connectivity index (χ1n) is 7.51. The summed E-state index contributed by atoms with van der Waals surface area (Å²) in [6, 6.07) is 9.71. The van der Waals surface area contributed by atoms with E-state index in [-0.39, 0.29) is 37.6 Å². The minimum atomic E-state index is -0.282. The van der Waals surface area contributed by atoms with Crippen LogP contribution in [0.4, 0.5) is 4.79 Å². The lowest BCUT2D eigenvalue weighted by Crippen LogP contribution is -2.48. The van der Waals surface area contributed by atoms with Gasteiger partial charge in [-0.15, -0.1) is 0 Å². The van der Waals surface area contributed by atoms with Crippen LogP contribution in [0.3, 0.4) is 0 Å². The fraction of sp³-hybridized carbons (Fsp3) is 0.562. The van der Waals surface area contributed by atoms with Crippen molar-refractivity contribution in [2.75, 3.05) is 13.2 Å². The van der Waals surface area contributed by atoms with Crippen molar-refractivity contribution in [3.63, 3.8) is 0 Å². The Hall–Kier alpha value is -1.59. The molecular formula is C16H21NO4. The van der Waals surface area contributed by atoms with E-state index >= 15 is 0 Å². The van der Waals surface area contributed by atoms with Crippen molar-refractivity contribution < 1.29 is 19.4 Å². The summed E-state index contributed by atoms with van der Waals surface area (Å²) in [6.45, 7) is 1.01. The molecule has 1 aromatic rings. The molecule has 2 aliphatic rings. The highest BCUT2D eigenvalue weighted by Gasteiger charge is 2.43. The van der Waals surface area contributed by atoms with Gasteiger partial charge in [0.25, 0.3) is 0 Å². The first kappa shape index (κ1) is 14.4. The lowest BCUT2D eigenvalue weighted by Gasteiger charge is -2.35. The van der Waals surface area contributed by atoms with Crippen LogP contribution in [0.5, 0.6) is 0 Å². The zero-order valence-corrected chi connectivity index (χ0v) is 12.0. The molecule has 0 saturated carbocycles. The SMILES string of the molecule is O=C(OCc1ccccc1)N1CCC[C@@H]2OC(CO)CC21. The maximum Gasteiger partial charge on any atom is 0.410 e. The number of benzene rings is 1. The van der Waals surface area contributed by atoms with Gasteiger partial charge in [-0.3, -0.25) is 0 Å². The molecule has 1 amide bonds. The molecule has 2 aliphatic heterocycles. The molecule has 0 aromatic heterocycles. The van der Waals surface area contributed by atoms with Crippen LogP contribution in [0.15, 0.2) is 30.3 Å². The predicted molar refractivity (Wildman–Crippen MR) is 76.7 cm³/mol. The van der Waals surface area contributed by atoms with Crippen molar-refractivity contribution in [2.24, 2.45) is 0 Å². The number of piperidine rings is 1. The maximum atomic E-state index is 12.3. The molecule has 5 heteroatoms. The molecule has 0 radical (unpaired) electrons. The third-order valence-corrected chi connectivity index (χ3v) is 4.23. The number of hydrogen-bond acceptors (Lipinski definition) is 4. The van der Waals surface area contributed by atoms with Crippen molar-refractivity contribution in [2.45, 2.75) is 44.1 Å². The third-order valence-electron chi connectivity index (χ3n) is 4.23. The van der Waals surface area contributed by atoms with E-state index in [1.165, 1.54) is 0 Å². The molecule has 2 heterocycles. The van der Waals surface area contributed by atoms with E-state index in [1.54, 1.807) is 4.90 Å². The summed E-state index contributed by atoms with van der Waals surface area (Å²) in [7, 11) is 0. The number of carbonyl (C=O) groups is 1. The Labute approximate surface area is 124 Å². The Kier molecular flexibility index (Phi) is 4.41. The summed E-state index contributed by atoms with van der Waals surface area (Å²) in [5, 5.41) is 9.23. The van der Waals surface area contributed by atoms with Crippen LogP contribution >= 0.6 is 0 Å². The van der Waals surface area contributed by atoms with Crippen LogP contribution in [0.1, 0.15) is 24.8 Å². The molecule has 1 aromatic carbocycles.